The molecule has 0 saturated heterocycles. The van der Waals surface area contributed by atoms with Gasteiger partial charge in [-0.05, 0) is 57.1 Å². The van der Waals surface area contributed by atoms with Crippen molar-refractivity contribution in [3.8, 4) is 11.5 Å². The molecule has 2 aromatic rings. The third-order valence-corrected chi connectivity index (χ3v) is 4.46. The minimum absolute atomic E-state index is 0.0292. The lowest BCUT2D eigenvalue weighted by molar-refractivity contribution is -0.120. The van der Waals surface area contributed by atoms with Crippen LogP contribution < -0.4 is 14.8 Å². The molecular weight excluding hydrogens is 328 g/mol. The van der Waals surface area contributed by atoms with Crippen molar-refractivity contribution in [3.05, 3.63) is 53.6 Å². The number of likely N-dealkylation sites (N-methyl/N-ethyl adjacent to an activating group) is 1. The normalized spacial score (nSPS) is 11.9. The lowest BCUT2D eigenvalue weighted by Gasteiger charge is -2.24. The van der Waals surface area contributed by atoms with Gasteiger partial charge in [-0.15, -0.1) is 0 Å². The number of rotatable bonds is 8. The predicted octanol–water partition coefficient (Wildman–Crippen LogP) is 3.65. The highest BCUT2D eigenvalue weighted by molar-refractivity contribution is 5.95. The molecule has 0 spiro atoms. The largest absolute Gasteiger partial charge is 0.493 e. The number of methoxy groups -OCH3 is 1. The van der Waals surface area contributed by atoms with Crippen LogP contribution in [0, 0.1) is 13.8 Å². The van der Waals surface area contributed by atoms with Crippen LogP contribution in [0.5, 0.6) is 11.5 Å². The van der Waals surface area contributed by atoms with Crippen LogP contribution in [0.2, 0.25) is 0 Å². The minimum Gasteiger partial charge on any atom is -0.493 e. The van der Waals surface area contributed by atoms with E-state index in [1.807, 2.05) is 75.2 Å². The maximum absolute atomic E-state index is 12.5. The average molecular weight is 356 g/mol. The monoisotopic (exact) mass is 356 g/mol. The number of nitrogens with one attached hydrogen (secondary N) is 1. The molecule has 0 fully saturated rings. The highest BCUT2D eigenvalue weighted by Gasteiger charge is 2.18. The average Bonchev–Trinajstić information content (AvgIpc) is 2.64. The van der Waals surface area contributed by atoms with Crippen LogP contribution in [0.4, 0.5) is 5.69 Å². The molecule has 5 nitrogen and oxygen atoms in total. The van der Waals surface area contributed by atoms with Crippen LogP contribution >= 0.6 is 0 Å². The highest BCUT2D eigenvalue weighted by atomic mass is 16.5. The first-order valence-corrected chi connectivity index (χ1v) is 8.76. The van der Waals surface area contributed by atoms with Crippen molar-refractivity contribution in [2.24, 2.45) is 0 Å². The van der Waals surface area contributed by atoms with E-state index < -0.39 is 0 Å². The van der Waals surface area contributed by atoms with Crippen molar-refractivity contribution in [2.75, 3.05) is 32.6 Å². The molecule has 0 aliphatic rings. The molecule has 0 radical (unpaired) electrons. The molecular formula is C21H28N2O3. The van der Waals surface area contributed by atoms with E-state index in [2.05, 4.69) is 5.32 Å². The van der Waals surface area contributed by atoms with E-state index in [4.69, 9.17) is 9.47 Å². The summed E-state index contributed by atoms with van der Waals surface area (Å²) in [5.74, 6) is 1.38. The summed E-state index contributed by atoms with van der Waals surface area (Å²) in [5.41, 5.74) is 3.04. The number of anilines is 1. The molecule has 0 aliphatic carbocycles. The Bertz CT molecular complexity index is 746. The van der Waals surface area contributed by atoms with E-state index in [0.717, 1.165) is 16.8 Å². The van der Waals surface area contributed by atoms with Gasteiger partial charge in [-0.25, -0.2) is 0 Å². The van der Waals surface area contributed by atoms with Crippen LogP contribution in [-0.2, 0) is 4.79 Å². The molecule has 1 amide bonds. The molecule has 1 atom stereocenters. The zero-order valence-electron chi connectivity index (χ0n) is 16.2. The molecule has 0 heterocycles. The van der Waals surface area contributed by atoms with Gasteiger partial charge in [0.25, 0.3) is 0 Å². The van der Waals surface area contributed by atoms with Crippen molar-refractivity contribution >= 4 is 11.6 Å². The second-order valence-corrected chi connectivity index (χ2v) is 6.46. The predicted molar refractivity (Wildman–Crippen MR) is 105 cm³/mol. The Morgan fingerprint density at radius 2 is 1.85 bits per heavy atom. The van der Waals surface area contributed by atoms with Crippen LogP contribution in [0.25, 0.3) is 0 Å². The summed E-state index contributed by atoms with van der Waals surface area (Å²) in [7, 11) is 3.53. The van der Waals surface area contributed by atoms with Gasteiger partial charge in [0.15, 0.2) is 11.5 Å². The number of amides is 1. The number of ether oxygens (including phenoxy) is 2. The first-order valence-electron chi connectivity index (χ1n) is 8.76. The van der Waals surface area contributed by atoms with Crippen molar-refractivity contribution in [3.63, 3.8) is 0 Å². The number of hydrogen-bond acceptors (Lipinski definition) is 4. The quantitative estimate of drug-likeness (QED) is 0.784. The van der Waals surface area contributed by atoms with Crippen LogP contribution in [0.15, 0.2) is 42.5 Å². The van der Waals surface area contributed by atoms with Crippen LogP contribution in [0.1, 0.15) is 18.1 Å². The first-order chi connectivity index (χ1) is 12.4. The number of nitrogens with zero attached hydrogens (tertiary/aromatic N) is 1. The fourth-order valence-electron chi connectivity index (χ4n) is 2.54. The maximum Gasteiger partial charge on any atom is 0.241 e. The van der Waals surface area contributed by atoms with E-state index in [0.29, 0.717) is 24.7 Å². The van der Waals surface area contributed by atoms with Crippen LogP contribution in [0.3, 0.4) is 0 Å². The Hall–Kier alpha value is -2.53. The lowest BCUT2D eigenvalue weighted by Crippen LogP contribution is -2.41. The molecule has 140 valence electrons. The summed E-state index contributed by atoms with van der Waals surface area (Å²) in [5, 5.41) is 3.02. The van der Waals surface area contributed by atoms with Gasteiger partial charge in [0.2, 0.25) is 5.91 Å². The Morgan fingerprint density at radius 1 is 1.15 bits per heavy atom. The van der Waals surface area contributed by atoms with Gasteiger partial charge in [0, 0.05) is 12.2 Å². The SMILES string of the molecule is COc1ccccc1OCCN(C)C(C)C(=O)Nc1cc(C)ccc1C. The molecule has 5 heteroatoms. The van der Waals surface area contributed by atoms with Crippen molar-refractivity contribution in [1.82, 2.24) is 4.90 Å². The summed E-state index contributed by atoms with van der Waals surface area (Å²) in [4.78, 5) is 14.5. The summed E-state index contributed by atoms with van der Waals surface area (Å²) in [6.45, 7) is 6.99. The van der Waals surface area contributed by atoms with Gasteiger partial charge >= 0.3 is 0 Å². The zero-order chi connectivity index (χ0) is 19.1. The summed E-state index contributed by atoms with van der Waals surface area (Å²) in [6, 6.07) is 13.3. The fraction of sp³-hybridized carbons (Fsp3) is 0.381. The number of aryl methyl sites for hydroxylation is 2. The van der Waals surface area contributed by atoms with E-state index in [-0.39, 0.29) is 11.9 Å². The third-order valence-electron chi connectivity index (χ3n) is 4.46. The summed E-state index contributed by atoms with van der Waals surface area (Å²) >= 11 is 0. The standard InChI is InChI=1S/C21H28N2O3/c1-15-10-11-16(2)18(14-15)22-21(24)17(3)23(4)12-13-26-20-9-7-6-8-19(20)25-5/h6-11,14,17H,12-13H2,1-5H3,(H,22,24). The smallest absolute Gasteiger partial charge is 0.241 e. The van der Waals surface area contributed by atoms with Gasteiger partial charge in [-0.3, -0.25) is 9.69 Å². The number of benzene rings is 2. The van der Waals surface area contributed by atoms with Gasteiger partial charge in [-0.1, -0.05) is 24.3 Å². The number of carbonyl (C=O) groups excluding carboxylic acids is 1. The second kappa shape index (κ2) is 9.25. The van der Waals surface area contributed by atoms with Crippen molar-refractivity contribution in [2.45, 2.75) is 26.8 Å². The van der Waals surface area contributed by atoms with E-state index in [1.54, 1.807) is 7.11 Å². The third kappa shape index (κ3) is 5.23. The number of carbonyl (C=O) groups is 1. The molecule has 0 bridgehead atoms. The van der Waals surface area contributed by atoms with E-state index >= 15 is 0 Å². The molecule has 1 unspecified atom stereocenters. The fourth-order valence-corrected chi connectivity index (χ4v) is 2.54. The molecule has 26 heavy (non-hydrogen) atoms. The van der Waals surface area contributed by atoms with E-state index in [1.165, 1.54) is 0 Å². The Labute approximate surface area is 155 Å². The van der Waals surface area contributed by atoms with Crippen LogP contribution in [-0.4, -0.2) is 44.2 Å². The van der Waals surface area contributed by atoms with Crippen molar-refractivity contribution < 1.29 is 14.3 Å². The molecule has 2 rings (SSSR count). The van der Waals surface area contributed by atoms with Gasteiger partial charge in [0.05, 0.1) is 13.2 Å². The first kappa shape index (κ1) is 19.8. The lowest BCUT2D eigenvalue weighted by atomic mass is 10.1. The highest BCUT2D eigenvalue weighted by Crippen LogP contribution is 2.25. The Balaban J connectivity index is 1.87. The molecule has 0 aromatic heterocycles. The van der Waals surface area contributed by atoms with Gasteiger partial charge in [0.1, 0.15) is 6.61 Å². The summed E-state index contributed by atoms with van der Waals surface area (Å²) < 4.78 is 11.1. The summed E-state index contributed by atoms with van der Waals surface area (Å²) in [6.07, 6.45) is 0. The maximum atomic E-state index is 12.5. The Kier molecular flexibility index (Phi) is 7.04. The number of hydrogen-bond donors (Lipinski definition) is 1. The van der Waals surface area contributed by atoms with Gasteiger partial charge in [-0.2, -0.15) is 0 Å². The van der Waals surface area contributed by atoms with Crippen molar-refractivity contribution in [1.29, 1.82) is 0 Å². The topological polar surface area (TPSA) is 50.8 Å². The molecule has 1 N–H and O–H groups in total. The van der Waals surface area contributed by atoms with E-state index in [9.17, 15) is 4.79 Å². The second-order valence-electron chi connectivity index (χ2n) is 6.46. The number of para-hydroxylation sites is 2. The zero-order valence-corrected chi connectivity index (χ0v) is 16.2. The Morgan fingerprint density at radius 3 is 2.54 bits per heavy atom. The molecule has 0 saturated carbocycles. The van der Waals surface area contributed by atoms with Gasteiger partial charge < -0.3 is 14.8 Å². The molecule has 0 aliphatic heterocycles. The minimum atomic E-state index is -0.267. The molecule has 2 aromatic carbocycles.